The van der Waals surface area contributed by atoms with Crippen molar-refractivity contribution in [1.82, 2.24) is 20.0 Å². The lowest BCUT2D eigenvalue weighted by molar-refractivity contribution is 0.122. The van der Waals surface area contributed by atoms with E-state index in [2.05, 4.69) is 71.2 Å². The van der Waals surface area contributed by atoms with Crippen LogP contribution in [0.15, 0.2) is 35.3 Å². The first-order valence-electron chi connectivity index (χ1n) is 11.2. The van der Waals surface area contributed by atoms with Crippen LogP contribution in [0.5, 0.6) is 0 Å². The largest absolute Gasteiger partial charge is 0.357 e. The van der Waals surface area contributed by atoms with Gasteiger partial charge in [-0.3, -0.25) is 9.89 Å². The van der Waals surface area contributed by atoms with Crippen LogP contribution in [0.1, 0.15) is 32.3 Å². The number of halogens is 1. The van der Waals surface area contributed by atoms with Gasteiger partial charge in [-0.05, 0) is 51.6 Å². The summed E-state index contributed by atoms with van der Waals surface area (Å²) >= 11 is 0. The van der Waals surface area contributed by atoms with Crippen molar-refractivity contribution in [3.8, 4) is 0 Å². The smallest absolute Gasteiger partial charge is 0.193 e. The van der Waals surface area contributed by atoms with E-state index in [0.717, 1.165) is 51.1 Å². The Kier molecular flexibility index (Phi) is 10.7. The van der Waals surface area contributed by atoms with Gasteiger partial charge in [0.25, 0.3) is 0 Å². The minimum atomic E-state index is 0. The van der Waals surface area contributed by atoms with Gasteiger partial charge in [0, 0.05) is 51.9 Å². The molecule has 0 bridgehead atoms. The summed E-state index contributed by atoms with van der Waals surface area (Å²) in [5, 5.41) is 3.53. The summed E-state index contributed by atoms with van der Waals surface area (Å²) in [4.78, 5) is 12.5. The van der Waals surface area contributed by atoms with Crippen molar-refractivity contribution in [2.24, 2.45) is 10.9 Å². The van der Waals surface area contributed by atoms with E-state index in [1.807, 2.05) is 0 Å². The van der Waals surface area contributed by atoms with Crippen molar-refractivity contribution in [3.63, 3.8) is 0 Å². The molecule has 2 aliphatic rings. The van der Waals surface area contributed by atoms with Gasteiger partial charge < -0.3 is 15.1 Å². The highest BCUT2D eigenvalue weighted by molar-refractivity contribution is 14.0. The zero-order valence-corrected chi connectivity index (χ0v) is 20.8. The van der Waals surface area contributed by atoms with Crippen LogP contribution in [0, 0.1) is 5.92 Å². The summed E-state index contributed by atoms with van der Waals surface area (Å²) in [6.07, 6.45) is 3.73. The highest BCUT2D eigenvalue weighted by Gasteiger charge is 2.23. The number of nitrogens with one attached hydrogen (secondary N) is 1. The maximum absolute atomic E-state index is 5.02. The molecule has 5 nitrogen and oxygen atoms in total. The third-order valence-electron chi connectivity index (χ3n) is 6.28. The molecule has 2 saturated heterocycles. The summed E-state index contributed by atoms with van der Waals surface area (Å²) in [6.45, 7) is 13.2. The van der Waals surface area contributed by atoms with Crippen molar-refractivity contribution < 1.29 is 0 Å². The van der Waals surface area contributed by atoms with Gasteiger partial charge in [-0.2, -0.15) is 0 Å². The van der Waals surface area contributed by atoms with Crippen LogP contribution in [0.3, 0.4) is 0 Å². The summed E-state index contributed by atoms with van der Waals surface area (Å²) in [7, 11) is 2.21. The number of rotatable bonds is 6. The van der Waals surface area contributed by atoms with Crippen molar-refractivity contribution in [1.29, 1.82) is 0 Å². The molecule has 2 heterocycles. The van der Waals surface area contributed by atoms with E-state index in [-0.39, 0.29) is 24.0 Å². The summed E-state index contributed by atoms with van der Waals surface area (Å²) < 4.78 is 0. The van der Waals surface area contributed by atoms with Crippen LogP contribution >= 0.6 is 24.0 Å². The predicted molar refractivity (Wildman–Crippen MR) is 134 cm³/mol. The Bertz CT molecular complexity index is 593. The van der Waals surface area contributed by atoms with E-state index in [9.17, 15) is 0 Å². The number of aliphatic imine (C=N–C) groups is 1. The van der Waals surface area contributed by atoms with E-state index in [0.29, 0.717) is 6.04 Å². The molecule has 0 aromatic heterocycles. The molecular weight excluding hydrogens is 473 g/mol. The van der Waals surface area contributed by atoms with Gasteiger partial charge in [0.1, 0.15) is 0 Å². The highest BCUT2D eigenvalue weighted by atomic mass is 127. The fourth-order valence-corrected chi connectivity index (χ4v) is 4.32. The minimum Gasteiger partial charge on any atom is -0.357 e. The first-order valence-corrected chi connectivity index (χ1v) is 11.2. The van der Waals surface area contributed by atoms with Crippen LogP contribution in [0.4, 0.5) is 0 Å². The maximum atomic E-state index is 5.02. The van der Waals surface area contributed by atoms with E-state index < -0.39 is 0 Å². The molecule has 3 rings (SSSR count). The first kappa shape index (κ1) is 24.4. The molecule has 1 N–H and O–H groups in total. The van der Waals surface area contributed by atoms with Gasteiger partial charge in [-0.15, -0.1) is 24.0 Å². The molecule has 6 heteroatoms. The molecule has 2 fully saturated rings. The third-order valence-corrected chi connectivity index (χ3v) is 6.28. The number of likely N-dealkylation sites (N-methyl/N-ethyl adjacent to an activating group) is 1. The highest BCUT2D eigenvalue weighted by Crippen LogP contribution is 2.21. The molecule has 0 aliphatic carbocycles. The number of piperazine rings is 1. The quantitative estimate of drug-likeness (QED) is 0.360. The number of guanidine groups is 1. The topological polar surface area (TPSA) is 34.1 Å². The number of hydrogen-bond acceptors (Lipinski definition) is 3. The maximum Gasteiger partial charge on any atom is 0.193 e. The lowest BCUT2D eigenvalue weighted by Gasteiger charge is -2.37. The molecule has 0 amide bonds. The van der Waals surface area contributed by atoms with Crippen molar-refractivity contribution in [2.45, 2.75) is 39.2 Å². The Morgan fingerprint density at radius 2 is 1.72 bits per heavy atom. The second-order valence-corrected chi connectivity index (χ2v) is 8.50. The summed E-state index contributed by atoms with van der Waals surface area (Å²) in [6, 6.07) is 11.5. The van der Waals surface area contributed by atoms with E-state index in [1.54, 1.807) is 0 Å². The molecule has 0 radical (unpaired) electrons. The summed E-state index contributed by atoms with van der Waals surface area (Å²) in [5.41, 5.74) is 1.47. The average Bonchev–Trinajstić information content (AvgIpc) is 2.73. The number of hydrogen-bond donors (Lipinski definition) is 1. The standard InChI is InChI=1S/C23H39N5.HI/c1-4-24-23(25-19-20(2)27-16-14-26(3)15-17-27)28-12-10-22(11-13-28)18-21-8-6-5-7-9-21;/h5-9,20,22H,4,10-19H2,1-3H3,(H,24,25);1H. The van der Waals surface area contributed by atoms with Crippen LogP contribution < -0.4 is 5.32 Å². The van der Waals surface area contributed by atoms with Crippen molar-refractivity contribution in [3.05, 3.63) is 35.9 Å². The monoisotopic (exact) mass is 513 g/mol. The van der Waals surface area contributed by atoms with Crippen LogP contribution in [0.2, 0.25) is 0 Å². The van der Waals surface area contributed by atoms with Gasteiger partial charge in [0.2, 0.25) is 0 Å². The average molecular weight is 514 g/mol. The molecule has 0 saturated carbocycles. The normalized spacial score (nSPS) is 20.9. The van der Waals surface area contributed by atoms with Crippen LogP contribution in [-0.4, -0.2) is 86.1 Å². The number of nitrogens with zero attached hydrogens (tertiary/aromatic N) is 4. The Labute approximate surface area is 194 Å². The van der Waals surface area contributed by atoms with Gasteiger partial charge in [-0.25, -0.2) is 0 Å². The molecule has 1 aromatic rings. The SMILES string of the molecule is CCNC(=NCC(C)N1CCN(C)CC1)N1CCC(Cc2ccccc2)CC1.I. The fourth-order valence-electron chi connectivity index (χ4n) is 4.32. The second kappa shape index (κ2) is 12.7. The summed E-state index contributed by atoms with van der Waals surface area (Å²) in [5.74, 6) is 1.91. The minimum absolute atomic E-state index is 0. The number of piperidine rings is 1. The molecule has 2 aliphatic heterocycles. The van der Waals surface area contributed by atoms with Gasteiger partial charge in [-0.1, -0.05) is 30.3 Å². The molecule has 1 atom stereocenters. The first-order chi connectivity index (χ1) is 13.7. The molecule has 1 unspecified atom stereocenters. The number of likely N-dealkylation sites (tertiary alicyclic amines) is 1. The van der Waals surface area contributed by atoms with Gasteiger partial charge in [0.15, 0.2) is 5.96 Å². The van der Waals surface area contributed by atoms with E-state index >= 15 is 0 Å². The lowest BCUT2D eigenvalue weighted by atomic mass is 9.90. The predicted octanol–water partition coefficient (Wildman–Crippen LogP) is 3.16. The van der Waals surface area contributed by atoms with Gasteiger partial charge in [0.05, 0.1) is 6.54 Å². The Balaban J connectivity index is 0.00000300. The molecular formula is C23H40IN5. The van der Waals surface area contributed by atoms with E-state index in [4.69, 9.17) is 4.99 Å². The van der Waals surface area contributed by atoms with E-state index in [1.165, 1.54) is 37.9 Å². The lowest BCUT2D eigenvalue weighted by Crippen LogP contribution is -2.50. The van der Waals surface area contributed by atoms with Gasteiger partial charge >= 0.3 is 0 Å². The Morgan fingerprint density at radius 3 is 2.34 bits per heavy atom. The number of benzene rings is 1. The second-order valence-electron chi connectivity index (χ2n) is 8.50. The Morgan fingerprint density at radius 1 is 1.07 bits per heavy atom. The molecule has 164 valence electrons. The molecule has 1 aromatic carbocycles. The molecule has 0 spiro atoms. The zero-order valence-electron chi connectivity index (χ0n) is 18.5. The molecule has 29 heavy (non-hydrogen) atoms. The zero-order chi connectivity index (χ0) is 19.8. The third kappa shape index (κ3) is 7.72. The van der Waals surface area contributed by atoms with Crippen LogP contribution in [0.25, 0.3) is 0 Å². The van der Waals surface area contributed by atoms with Crippen molar-refractivity contribution in [2.75, 3.05) is 59.4 Å². The van der Waals surface area contributed by atoms with Crippen molar-refractivity contribution >= 4 is 29.9 Å². The van der Waals surface area contributed by atoms with Crippen LogP contribution in [-0.2, 0) is 6.42 Å². The Hall–Kier alpha value is -0.860. The fraction of sp³-hybridized carbons (Fsp3) is 0.696.